The molecule has 0 unspecified atom stereocenters. The van der Waals surface area contributed by atoms with E-state index in [-0.39, 0.29) is 0 Å². The van der Waals surface area contributed by atoms with Crippen molar-refractivity contribution in [2.24, 2.45) is 0 Å². The molecule has 0 aliphatic heterocycles. The number of nitriles is 1. The number of anilines is 1. The average molecular weight is 353 g/mol. The Balaban J connectivity index is 2.06. The van der Waals surface area contributed by atoms with E-state index in [2.05, 4.69) is 68.3 Å². The highest BCUT2D eigenvalue weighted by molar-refractivity contribution is 7.99. The van der Waals surface area contributed by atoms with Crippen LogP contribution >= 0.6 is 11.8 Å². The molecule has 0 atom stereocenters. The van der Waals surface area contributed by atoms with Gasteiger partial charge in [-0.05, 0) is 24.3 Å². The van der Waals surface area contributed by atoms with Gasteiger partial charge >= 0.3 is 0 Å². The minimum Gasteiger partial charge on any atom is -0.366 e. The Hall–Kier alpha value is -2.06. The van der Waals surface area contributed by atoms with Gasteiger partial charge < -0.3 is 5.32 Å². The molecule has 1 saturated carbocycles. The maximum atomic E-state index is 9.73. The first-order valence-electron chi connectivity index (χ1n) is 8.83. The summed E-state index contributed by atoms with van der Waals surface area (Å²) in [5, 5.41) is 14.2. The van der Waals surface area contributed by atoms with Crippen LogP contribution in [-0.2, 0) is 0 Å². The molecule has 1 N–H and O–H groups in total. The molecule has 2 aromatic rings. The second-order valence-corrected chi connectivity index (χ2v) is 8.60. The summed E-state index contributed by atoms with van der Waals surface area (Å²) >= 11 is 1.62. The van der Waals surface area contributed by atoms with Gasteiger partial charge in [-0.1, -0.05) is 63.7 Å². The Morgan fingerprint density at radius 3 is 2.32 bits per heavy atom. The number of benzene rings is 1. The smallest absolute Gasteiger partial charge is 0.190 e. The van der Waals surface area contributed by atoms with Crippen molar-refractivity contribution in [3.63, 3.8) is 0 Å². The molecule has 130 valence electrons. The maximum absolute atomic E-state index is 9.73. The fourth-order valence-corrected chi connectivity index (χ4v) is 3.28. The molecule has 1 aliphatic carbocycles. The average Bonchev–Trinajstić information content (AvgIpc) is 3.38. The van der Waals surface area contributed by atoms with E-state index in [1.807, 2.05) is 0 Å². The van der Waals surface area contributed by atoms with Crippen LogP contribution in [-0.4, -0.2) is 21.3 Å². The molecule has 1 fully saturated rings. The summed E-state index contributed by atoms with van der Waals surface area (Å²) in [4.78, 5) is 9.32. The second-order valence-electron chi connectivity index (χ2n) is 7.05. The first-order chi connectivity index (χ1) is 12.0. The van der Waals surface area contributed by atoms with Crippen LogP contribution in [0.4, 0.5) is 5.82 Å². The fourth-order valence-electron chi connectivity index (χ4n) is 2.57. The van der Waals surface area contributed by atoms with Gasteiger partial charge in [-0.2, -0.15) is 5.26 Å². The number of hydrogen-bond donors (Lipinski definition) is 1. The van der Waals surface area contributed by atoms with Gasteiger partial charge in [-0.3, -0.25) is 0 Å². The normalized spacial score (nSPS) is 14.0. The van der Waals surface area contributed by atoms with E-state index >= 15 is 0 Å². The predicted octanol–water partition coefficient (Wildman–Crippen LogP) is 5.21. The second kappa shape index (κ2) is 7.45. The highest BCUT2D eigenvalue weighted by Crippen LogP contribution is 2.33. The van der Waals surface area contributed by atoms with Gasteiger partial charge in [0.05, 0.1) is 5.69 Å². The number of nitrogens with zero attached hydrogens (tertiary/aromatic N) is 3. The molecule has 5 heteroatoms. The summed E-state index contributed by atoms with van der Waals surface area (Å²) in [6.07, 6.45) is 2.28. The number of rotatable bonds is 6. The lowest BCUT2D eigenvalue weighted by molar-refractivity contribution is 0.866. The topological polar surface area (TPSA) is 61.6 Å². The van der Waals surface area contributed by atoms with Crippen molar-refractivity contribution in [3.05, 3.63) is 35.4 Å². The third kappa shape index (κ3) is 4.32. The summed E-state index contributed by atoms with van der Waals surface area (Å²) in [5.74, 6) is 1.15. The lowest BCUT2D eigenvalue weighted by atomic mass is 9.99. The summed E-state index contributed by atoms with van der Waals surface area (Å²) in [5.41, 5.74) is 3.51. The lowest BCUT2D eigenvalue weighted by Gasteiger charge is -2.14. The van der Waals surface area contributed by atoms with E-state index < -0.39 is 0 Å². The Morgan fingerprint density at radius 1 is 1.12 bits per heavy atom. The van der Waals surface area contributed by atoms with Crippen LogP contribution < -0.4 is 5.32 Å². The SMILES string of the molecule is CC(C)Sc1nc(NC2CC2)c(C#N)c(-c2ccc(C(C)C)cc2)n1. The quantitative estimate of drug-likeness (QED) is 0.571. The zero-order valence-electron chi connectivity index (χ0n) is 15.2. The van der Waals surface area contributed by atoms with Crippen LogP contribution in [0.3, 0.4) is 0 Å². The van der Waals surface area contributed by atoms with Gasteiger partial charge in [-0.15, -0.1) is 0 Å². The fraction of sp³-hybridized carbons (Fsp3) is 0.450. The Bertz CT molecular complexity index is 787. The largest absolute Gasteiger partial charge is 0.366 e. The number of thioether (sulfide) groups is 1. The maximum Gasteiger partial charge on any atom is 0.190 e. The van der Waals surface area contributed by atoms with Crippen molar-refractivity contribution in [2.45, 2.75) is 62.9 Å². The molecule has 3 rings (SSSR count). The number of nitrogens with one attached hydrogen (secondary N) is 1. The van der Waals surface area contributed by atoms with Gasteiger partial charge in [0.2, 0.25) is 0 Å². The zero-order valence-corrected chi connectivity index (χ0v) is 16.0. The van der Waals surface area contributed by atoms with Gasteiger partial charge in [0.1, 0.15) is 17.5 Å². The lowest BCUT2D eigenvalue weighted by Crippen LogP contribution is -2.09. The van der Waals surface area contributed by atoms with E-state index in [0.717, 1.165) is 29.3 Å². The van der Waals surface area contributed by atoms with Gasteiger partial charge in [-0.25, -0.2) is 9.97 Å². The van der Waals surface area contributed by atoms with E-state index in [0.29, 0.717) is 28.6 Å². The Morgan fingerprint density at radius 2 is 1.80 bits per heavy atom. The highest BCUT2D eigenvalue weighted by atomic mass is 32.2. The number of aromatic nitrogens is 2. The van der Waals surface area contributed by atoms with Crippen LogP contribution in [0.5, 0.6) is 0 Å². The van der Waals surface area contributed by atoms with Gasteiger partial charge in [0, 0.05) is 16.9 Å². The van der Waals surface area contributed by atoms with E-state index in [9.17, 15) is 5.26 Å². The van der Waals surface area contributed by atoms with Crippen molar-refractivity contribution in [3.8, 4) is 17.3 Å². The summed E-state index contributed by atoms with van der Waals surface area (Å²) in [6.45, 7) is 8.60. The van der Waals surface area contributed by atoms with Crippen LogP contribution in [0.2, 0.25) is 0 Å². The first kappa shape index (κ1) is 17.8. The summed E-state index contributed by atoms with van der Waals surface area (Å²) in [6, 6.07) is 11.1. The van der Waals surface area contributed by atoms with Crippen molar-refractivity contribution in [1.82, 2.24) is 9.97 Å². The van der Waals surface area contributed by atoms with E-state index in [1.54, 1.807) is 11.8 Å². The minimum absolute atomic E-state index is 0.387. The third-order valence-electron chi connectivity index (χ3n) is 4.11. The minimum atomic E-state index is 0.387. The van der Waals surface area contributed by atoms with Crippen molar-refractivity contribution < 1.29 is 0 Å². The molecular weight excluding hydrogens is 328 g/mol. The van der Waals surface area contributed by atoms with Crippen molar-refractivity contribution >= 4 is 17.6 Å². The van der Waals surface area contributed by atoms with Crippen LogP contribution in [0.25, 0.3) is 11.3 Å². The first-order valence-corrected chi connectivity index (χ1v) is 9.71. The molecule has 25 heavy (non-hydrogen) atoms. The Kier molecular flexibility index (Phi) is 5.29. The monoisotopic (exact) mass is 352 g/mol. The summed E-state index contributed by atoms with van der Waals surface area (Å²) < 4.78 is 0. The molecule has 0 radical (unpaired) electrons. The molecule has 0 saturated heterocycles. The molecule has 0 bridgehead atoms. The van der Waals surface area contributed by atoms with Crippen molar-refractivity contribution in [2.75, 3.05) is 5.32 Å². The molecule has 1 heterocycles. The van der Waals surface area contributed by atoms with Crippen LogP contribution in [0.15, 0.2) is 29.4 Å². The molecule has 0 amide bonds. The third-order valence-corrected chi connectivity index (χ3v) is 4.98. The van der Waals surface area contributed by atoms with Gasteiger partial charge in [0.25, 0.3) is 0 Å². The molecule has 0 spiro atoms. The number of hydrogen-bond acceptors (Lipinski definition) is 5. The molecule has 4 nitrogen and oxygen atoms in total. The molecule has 1 aromatic carbocycles. The molecule has 1 aromatic heterocycles. The highest BCUT2D eigenvalue weighted by Gasteiger charge is 2.25. The Labute approximate surface area is 154 Å². The van der Waals surface area contributed by atoms with E-state index in [1.165, 1.54) is 5.56 Å². The predicted molar refractivity (Wildman–Crippen MR) is 104 cm³/mol. The zero-order chi connectivity index (χ0) is 18.0. The van der Waals surface area contributed by atoms with Gasteiger partial charge in [0.15, 0.2) is 5.16 Å². The molecular formula is C20H24N4S. The summed E-state index contributed by atoms with van der Waals surface area (Å²) in [7, 11) is 0. The van der Waals surface area contributed by atoms with Crippen molar-refractivity contribution in [1.29, 1.82) is 5.26 Å². The standard InChI is InChI=1S/C20H24N4S/c1-12(2)14-5-7-15(8-6-14)18-17(11-21)19(22-16-9-10-16)24-20(23-18)25-13(3)4/h5-8,12-13,16H,9-10H2,1-4H3,(H,22,23,24). The van der Waals surface area contributed by atoms with Crippen LogP contribution in [0.1, 0.15) is 57.6 Å². The molecule has 1 aliphatic rings. The van der Waals surface area contributed by atoms with Crippen LogP contribution in [0, 0.1) is 11.3 Å². The van der Waals surface area contributed by atoms with E-state index in [4.69, 9.17) is 4.98 Å².